The molecule has 0 saturated carbocycles. The van der Waals surface area contributed by atoms with Crippen LogP contribution in [0.15, 0.2) is 11.1 Å². The van der Waals surface area contributed by atoms with Crippen LogP contribution in [-0.2, 0) is 9.53 Å². The van der Waals surface area contributed by atoms with Crippen molar-refractivity contribution in [2.24, 2.45) is 5.73 Å². The van der Waals surface area contributed by atoms with E-state index in [-0.39, 0.29) is 5.97 Å². The normalized spacial score (nSPS) is 14.6. The Labute approximate surface area is 86.3 Å². The van der Waals surface area contributed by atoms with Gasteiger partial charge >= 0.3 is 5.97 Å². The number of esters is 1. The third kappa shape index (κ3) is 4.42. The van der Waals surface area contributed by atoms with Gasteiger partial charge in [-0.2, -0.15) is 0 Å². The molecule has 0 aromatic heterocycles. The number of carbonyl (C=O) groups is 1. The molecule has 0 aromatic rings. The van der Waals surface area contributed by atoms with E-state index in [1.165, 1.54) is 0 Å². The summed E-state index contributed by atoms with van der Waals surface area (Å²) >= 11 is 0. The number of ether oxygens (including phenoxy) is 1. The molecule has 0 heterocycles. The first-order valence-corrected chi connectivity index (χ1v) is 5.18. The van der Waals surface area contributed by atoms with Crippen molar-refractivity contribution in [3.63, 3.8) is 0 Å². The first-order valence-electron chi connectivity index (χ1n) is 5.18. The van der Waals surface area contributed by atoms with Crippen LogP contribution in [0.2, 0.25) is 0 Å². The standard InChI is InChI=1S/C11H21NO2/c1-5-7-10(6-2)8(3)11(13)14-9(4)12/h9H,5-7,12H2,1-4H3/b10-8-. The van der Waals surface area contributed by atoms with Gasteiger partial charge in [-0.05, 0) is 26.7 Å². The van der Waals surface area contributed by atoms with E-state index in [2.05, 4.69) is 6.92 Å². The van der Waals surface area contributed by atoms with E-state index in [0.29, 0.717) is 5.57 Å². The topological polar surface area (TPSA) is 52.3 Å². The van der Waals surface area contributed by atoms with Crippen molar-refractivity contribution in [1.29, 1.82) is 0 Å². The van der Waals surface area contributed by atoms with E-state index in [1.807, 2.05) is 6.92 Å². The van der Waals surface area contributed by atoms with Crippen LogP contribution in [0.4, 0.5) is 0 Å². The predicted molar refractivity (Wildman–Crippen MR) is 57.6 cm³/mol. The Bertz CT molecular complexity index is 219. The largest absolute Gasteiger partial charge is 0.444 e. The Morgan fingerprint density at radius 2 is 2.00 bits per heavy atom. The van der Waals surface area contributed by atoms with Gasteiger partial charge in [0.2, 0.25) is 0 Å². The number of rotatable bonds is 5. The van der Waals surface area contributed by atoms with Gasteiger partial charge in [0.15, 0.2) is 0 Å². The molecule has 82 valence electrons. The van der Waals surface area contributed by atoms with E-state index < -0.39 is 6.23 Å². The number of nitrogens with two attached hydrogens (primary N) is 1. The van der Waals surface area contributed by atoms with Crippen molar-refractivity contribution >= 4 is 5.97 Å². The molecule has 2 N–H and O–H groups in total. The zero-order valence-electron chi connectivity index (χ0n) is 9.59. The van der Waals surface area contributed by atoms with E-state index in [0.717, 1.165) is 24.8 Å². The maximum Gasteiger partial charge on any atom is 0.335 e. The van der Waals surface area contributed by atoms with Gasteiger partial charge < -0.3 is 4.74 Å². The molecule has 0 radical (unpaired) electrons. The Morgan fingerprint density at radius 1 is 1.43 bits per heavy atom. The molecule has 0 aliphatic carbocycles. The zero-order valence-corrected chi connectivity index (χ0v) is 9.59. The number of hydrogen-bond acceptors (Lipinski definition) is 3. The highest BCUT2D eigenvalue weighted by molar-refractivity contribution is 5.88. The van der Waals surface area contributed by atoms with Crippen molar-refractivity contribution in [1.82, 2.24) is 0 Å². The Kier molecular flexibility index (Phi) is 6.21. The quantitative estimate of drug-likeness (QED) is 0.420. The highest BCUT2D eigenvalue weighted by Crippen LogP contribution is 2.16. The molecule has 3 nitrogen and oxygen atoms in total. The zero-order chi connectivity index (χ0) is 11.1. The monoisotopic (exact) mass is 199 g/mol. The summed E-state index contributed by atoms with van der Waals surface area (Å²) in [6.45, 7) is 7.60. The Hall–Kier alpha value is -0.830. The summed E-state index contributed by atoms with van der Waals surface area (Å²) in [5.41, 5.74) is 7.26. The fourth-order valence-electron chi connectivity index (χ4n) is 1.33. The second-order valence-corrected chi connectivity index (χ2v) is 3.44. The van der Waals surface area contributed by atoms with Gasteiger partial charge in [0, 0.05) is 5.57 Å². The molecule has 0 aliphatic heterocycles. The van der Waals surface area contributed by atoms with Gasteiger partial charge in [0.25, 0.3) is 0 Å². The Morgan fingerprint density at radius 3 is 2.36 bits per heavy atom. The molecule has 1 unspecified atom stereocenters. The van der Waals surface area contributed by atoms with Crippen LogP contribution in [0, 0.1) is 0 Å². The van der Waals surface area contributed by atoms with Gasteiger partial charge in [0.05, 0.1) is 0 Å². The van der Waals surface area contributed by atoms with Gasteiger partial charge in [-0.25, -0.2) is 4.79 Å². The van der Waals surface area contributed by atoms with Crippen molar-refractivity contribution < 1.29 is 9.53 Å². The van der Waals surface area contributed by atoms with E-state index >= 15 is 0 Å². The summed E-state index contributed by atoms with van der Waals surface area (Å²) in [7, 11) is 0. The molecule has 1 atom stereocenters. The van der Waals surface area contributed by atoms with Crippen molar-refractivity contribution in [2.75, 3.05) is 0 Å². The number of hydrogen-bond donors (Lipinski definition) is 1. The molecule has 0 spiro atoms. The third-order valence-electron chi connectivity index (χ3n) is 2.11. The Balaban J connectivity index is 4.50. The van der Waals surface area contributed by atoms with E-state index in [1.54, 1.807) is 13.8 Å². The van der Waals surface area contributed by atoms with E-state index in [9.17, 15) is 4.79 Å². The first-order chi connectivity index (χ1) is 6.52. The minimum atomic E-state index is -0.530. The summed E-state index contributed by atoms with van der Waals surface area (Å²) in [6, 6.07) is 0. The highest BCUT2D eigenvalue weighted by Gasteiger charge is 2.11. The summed E-state index contributed by atoms with van der Waals surface area (Å²) in [5, 5.41) is 0. The molecule has 14 heavy (non-hydrogen) atoms. The van der Waals surface area contributed by atoms with Crippen LogP contribution >= 0.6 is 0 Å². The van der Waals surface area contributed by atoms with Gasteiger partial charge in [-0.15, -0.1) is 0 Å². The third-order valence-corrected chi connectivity index (χ3v) is 2.11. The number of allylic oxidation sites excluding steroid dienone is 1. The minimum absolute atomic E-state index is 0.287. The van der Waals surface area contributed by atoms with Crippen LogP contribution < -0.4 is 5.73 Å². The maximum atomic E-state index is 11.5. The van der Waals surface area contributed by atoms with Crippen LogP contribution in [-0.4, -0.2) is 12.2 Å². The molecule has 0 aromatic carbocycles. The average Bonchev–Trinajstić information content (AvgIpc) is 2.12. The SMILES string of the molecule is CCC/C(CC)=C(/C)C(=O)OC(C)N. The molecule has 0 fully saturated rings. The highest BCUT2D eigenvalue weighted by atomic mass is 16.6. The summed E-state index contributed by atoms with van der Waals surface area (Å²) in [6.07, 6.45) is 2.37. The fourth-order valence-corrected chi connectivity index (χ4v) is 1.33. The molecule has 0 rings (SSSR count). The second kappa shape index (κ2) is 6.60. The molecule has 0 amide bonds. The predicted octanol–water partition coefficient (Wildman–Crippen LogP) is 2.36. The first kappa shape index (κ1) is 13.2. The lowest BCUT2D eigenvalue weighted by Gasteiger charge is -2.11. The van der Waals surface area contributed by atoms with Crippen LogP contribution in [0.5, 0.6) is 0 Å². The average molecular weight is 199 g/mol. The molecular weight excluding hydrogens is 178 g/mol. The lowest BCUT2D eigenvalue weighted by Crippen LogP contribution is -2.24. The minimum Gasteiger partial charge on any atom is -0.444 e. The van der Waals surface area contributed by atoms with Crippen molar-refractivity contribution in [2.45, 2.75) is 53.2 Å². The van der Waals surface area contributed by atoms with Gasteiger partial charge in [-0.3, -0.25) is 5.73 Å². The van der Waals surface area contributed by atoms with Crippen LogP contribution in [0.25, 0.3) is 0 Å². The number of carbonyl (C=O) groups excluding carboxylic acids is 1. The maximum absolute atomic E-state index is 11.5. The van der Waals surface area contributed by atoms with Crippen LogP contribution in [0.1, 0.15) is 47.0 Å². The van der Waals surface area contributed by atoms with Gasteiger partial charge in [0.1, 0.15) is 6.23 Å². The fraction of sp³-hybridized carbons (Fsp3) is 0.727. The summed E-state index contributed by atoms with van der Waals surface area (Å²) in [5.74, 6) is -0.287. The summed E-state index contributed by atoms with van der Waals surface area (Å²) in [4.78, 5) is 11.5. The van der Waals surface area contributed by atoms with Crippen molar-refractivity contribution in [3.05, 3.63) is 11.1 Å². The second-order valence-electron chi connectivity index (χ2n) is 3.44. The lowest BCUT2D eigenvalue weighted by molar-refractivity contribution is -0.143. The molecule has 0 saturated heterocycles. The smallest absolute Gasteiger partial charge is 0.335 e. The van der Waals surface area contributed by atoms with Gasteiger partial charge in [-0.1, -0.05) is 25.8 Å². The molecule has 0 bridgehead atoms. The van der Waals surface area contributed by atoms with Crippen molar-refractivity contribution in [3.8, 4) is 0 Å². The summed E-state index contributed by atoms with van der Waals surface area (Å²) < 4.78 is 4.92. The molecular formula is C11H21NO2. The van der Waals surface area contributed by atoms with Crippen LogP contribution in [0.3, 0.4) is 0 Å². The molecule has 0 aliphatic rings. The lowest BCUT2D eigenvalue weighted by atomic mass is 10.0. The van der Waals surface area contributed by atoms with E-state index in [4.69, 9.17) is 10.5 Å². The molecule has 3 heteroatoms.